The summed E-state index contributed by atoms with van der Waals surface area (Å²) >= 11 is 0. The summed E-state index contributed by atoms with van der Waals surface area (Å²) in [6.45, 7) is 3.64. The highest BCUT2D eigenvalue weighted by Gasteiger charge is 2.26. The van der Waals surface area contributed by atoms with Crippen LogP contribution in [-0.4, -0.2) is 49.3 Å². The van der Waals surface area contributed by atoms with E-state index in [2.05, 4.69) is 160 Å². The molecule has 0 bridgehead atoms. The maximum atomic E-state index is 12.8. The zero-order valence-electron chi connectivity index (χ0n) is 64.2. The van der Waals surface area contributed by atoms with Gasteiger partial charge in [-0.1, -0.05) is 384 Å². The number of hydrogen-bond donors (Lipinski definition) is 2. The summed E-state index contributed by atoms with van der Waals surface area (Å²) in [6, 6.07) is 0. The summed E-state index contributed by atoms with van der Waals surface area (Å²) in [4.78, 5) is 35.5. The summed E-state index contributed by atoms with van der Waals surface area (Å²) in [5, 5.41) is 0. The molecular weight excluding hydrogens is 1240 g/mol. The lowest BCUT2D eigenvalue weighted by atomic mass is 10.0. The molecule has 0 aromatic heterocycles. The fourth-order valence-corrected chi connectivity index (χ4v) is 12.4. The van der Waals surface area contributed by atoms with Crippen LogP contribution in [0.4, 0.5) is 0 Å². The van der Waals surface area contributed by atoms with E-state index in [0.717, 1.165) is 116 Å². The third-order valence-electron chi connectivity index (χ3n) is 17.7. The van der Waals surface area contributed by atoms with Crippen molar-refractivity contribution in [2.24, 2.45) is 5.73 Å². The van der Waals surface area contributed by atoms with E-state index in [1.807, 2.05) is 0 Å². The lowest BCUT2D eigenvalue weighted by Crippen LogP contribution is -2.29. The maximum absolute atomic E-state index is 12.8. The van der Waals surface area contributed by atoms with E-state index in [1.165, 1.54) is 225 Å². The smallest absolute Gasteiger partial charge is 0.462 e. The fraction of sp³-hybridized carbons (Fsp3) is 0.708. The molecular formula is C89H154NO8P. The minimum atomic E-state index is -4.41. The highest BCUT2D eigenvalue weighted by molar-refractivity contribution is 7.47. The van der Waals surface area contributed by atoms with Gasteiger partial charge in [-0.3, -0.25) is 18.6 Å². The first kappa shape index (κ1) is 94.9. The second-order valence-electron chi connectivity index (χ2n) is 27.3. The quantitative estimate of drug-likeness (QED) is 0.0264. The average Bonchev–Trinajstić information content (AvgIpc) is 1.35. The van der Waals surface area contributed by atoms with E-state index in [0.29, 0.717) is 6.42 Å². The number of nitrogens with two attached hydrogens (primary N) is 1. The van der Waals surface area contributed by atoms with Gasteiger partial charge < -0.3 is 20.1 Å². The van der Waals surface area contributed by atoms with Crippen LogP contribution < -0.4 is 5.73 Å². The molecule has 0 heterocycles. The number of phosphoric acid groups is 1. The largest absolute Gasteiger partial charge is 0.472 e. The first-order valence-electron chi connectivity index (χ1n) is 41.3. The molecule has 10 heteroatoms. The molecule has 0 amide bonds. The lowest BCUT2D eigenvalue weighted by molar-refractivity contribution is -0.161. The number of phosphoric ester groups is 1. The molecule has 0 radical (unpaired) electrons. The summed E-state index contributed by atoms with van der Waals surface area (Å²) < 4.78 is 33.3. The maximum Gasteiger partial charge on any atom is 0.472 e. The Balaban J connectivity index is 3.85. The van der Waals surface area contributed by atoms with E-state index in [-0.39, 0.29) is 38.6 Å². The van der Waals surface area contributed by atoms with E-state index in [4.69, 9.17) is 24.3 Å². The number of carbonyl (C=O) groups excluding carboxylic acids is 2. The van der Waals surface area contributed by atoms with Gasteiger partial charge >= 0.3 is 19.8 Å². The van der Waals surface area contributed by atoms with E-state index in [1.54, 1.807) is 0 Å². The molecule has 0 aliphatic heterocycles. The van der Waals surface area contributed by atoms with Crippen molar-refractivity contribution in [1.29, 1.82) is 0 Å². The Morgan fingerprint density at radius 2 is 0.556 bits per heavy atom. The van der Waals surface area contributed by atoms with Crippen molar-refractivity contribution in [1.82, 2.24) is 0 Å². The van der Waals surface area contributed by atoms with Crippen LogP contribution in [-0.2, 0) is 32.7 Å². The van der Waals surface area contributed by atoms with Gasteiger partial charge in [-0.2, -0.15) is 0 Å². The number of allylic oxidation sites excluding steroid dienone is 24. The normalized spacial score (nSPS) is 13.6. The van der Waals surface area contributed by atoms with Crippen LogP contribution in [0, 0.1) is 0 Å². The van der Waals surface area contributed by atoms with Crippen molar-refractivity contribution in [3.63, 3.8) is 0 Å². The van der Waals surface area contributed by atoms with E-state index < -0.39 is 26.5 Å². The molecule has 3 N–H and O–H groups in total. The van der Waals surface area contributed by atoms with Crippen molar-refractivity contribution < 1.29 is 37.6 Å². The number of rotatable bonds is 77. The van der Waals surface area contributed by atoms with Crippen LogP contribution in [0.25, 0.3) is 0 Å². The summed E-state index contributed by atoms with van der Waals surface area (Å²) in [5.74, 6) is -0.830. The van der Waals surface area contributed by atoms with Crippen molar-refractivity contribution in [2.75, 3.05) is 26.4 Å². The number of carbonyl (C=O) groups is 2. The zero-order chi connectivity index (χ0) is 71.5. The SMILES string of the molecule is CC/C=C\C/C=C\C/C=C\C/C=C\C/C=C\C/C=C\C/C=C\C/C=C\C/C=C\C/C=C\CCCCCCCCCCC(=O)OC(COC(=O)CCCCCCCCCCCCCCCCCCCCCCCCCCCCC/C=C\C/C=C\CCCCCCC)COP(=O)(O)OCCN. The van der Waals surface area contributed by atoms with Crippen LogP contribution in [0.15, 0.2) is 146 Å². The van der Waals surface area contributed by atoms with Crippen LogP contribution >= 0.6 is 7.82 Å². The lowest BCUT2D eigenvalue weighted by Gasteiger charge is -2.19. The van der Waals surface area contributed by atoms with Gasteiger partial charge in [0.25, 0.3) is 0 Å². The number of unbranched alkanes of at least 4 members (excludes halogenated alkanes) is 40. The Labute approximate surface area is 611 Å². The second kappa shape index (κ2) is 82.8. The number of hydrogen-bond acceptors (Lipinski definition) is 8. The Morgan fingerprint density at radius 3 is 0.828 bits per heavy atom. The molecule has 99 heavy (non-hydrogen) atoms. The summed E-state index contributed by atoms with van der Waals surface area (Å²) in [7, 11) is -4.41. The van der Waals surface area contributed by atoms with Gasteiger partial charge in [0.05, 0.1) is 13.2 Å². The van der Waals surface area contributed by atoms with Crippen molar-refractivity contribution in [2.45, 2.75) is 380 Å². The second-order valence-corrected chi connectivity index (χ2v) is 28.7. The molecule has 0 aliphatic rings. The van der Waals surface area contributed by atoms with Gasteiger partial charge in [0, 0.05) is 19.4 Å². The first-order chi connectivity index (χ1) is 48.8. The molecule has 2 unspecified atom stereocenters. The minimum Gasteiger partial charge on any atom is -0.462 e. The number of esters is 2. The van der Waals surface area contributed by atoms with Gasteiger partial charge in [0.1, 0.15) is 6.61 Å². The predicted octanol–water partition coefficient (Wildman–Crippen LogP) is 28.1. The summed E-state index contributed by atoms with van der Waals surface area (Å²) in [5.41, 5.74) is 5.42. The van der Waals surface area contributed by atoms with Gasteiger partial charge in [0.15, 0.2) is 6.10 Å². The fourth-order valence-electron chi connectivity index (χ4n) is 11.6. The molecule has 2 atom stereocenters. The molecule has 0 fully saturated rings. The molecule has 0 spiro atoms. The van der Waals surface area contributed by atoms with E-state index >= 15 is 0 Å². The van der Waals surface area contributed by atoms with Gasteiger partial charge in [0.2, 0.25) is 0 Å². The molecule has 0 aromatic rings. The highest BCUT2D eigenvalue weighted by atomic mass is 31.2. The van der Waals surface area contributed by atoms with Gasteiger partial charge in [-0.15, -0.1) is 0 Å². The van der Waals surface area contributed by atoms with Gasteiger partial charge in [-0.05, 0) is 122 Å². The Morgan fingerprint density at radius 1 is 0.313 bits per heavy atom. The van der Waals surface area contributed by atoms with E-state index in [9.17, 15) is 19.0 Å². The number of ether oxygens (including phenoxy) is 2. The zero-order valence-corrected chi connectivity index (χ0v) is 65.1. The molecule has 0 aliphatic carbocycles. The average molecular weight is 1400 g/mol. The van der Waals surface area contributed by atoms with Crippen LogP contribution in [0.5, 0.6) is 0 Å². The van der Waals surface area contributed by atoms with Crippen molar-refractivity contribution >= 4 is 19.8 Å². The Bertz CT molecular complexity index is 2150. The molecule has 568 valence electrons. The van der Waals surface area contributed by atoms with Gasteiger partial charge in [-0.25, -0.2) is 4.57 Å². The Hall–Kier alpha value is -4.11. The predicted molar refractivity (Wildman–Crippen MR) is 431 cm³/mol. The topological polar surface area (TPSA) is 134 Å². The third-order valence-corrected chi connectivity index (χ3v) is 18.7. The molecule has 0 rings (SSSR count). The summed E-state index contributed by atoms with van der Waals surface area (Å²) in [6.07, 6.45) is 120. The molecule has 0 saturated heterocycles. The standard InChI is InChI=1S/C89H154NO8P/c1-3-5-7-9-11-13-15-17-19-21-23-25-27-29-31-33-35-37-39-41-43-45-47-49-51-53-55-57-59-61-63-65-67-69-71-73-75-77-79-81-88(91)95-85-87(86-97-99(93,94)96-84-83-90)98-89(92)82-80-78-76-74-72-70-68-66-64-62-60-58-56-54-52-50-48-46-44-42-40-38-36-34-32-30-28-26-24-22-20-18-16-14-12-10-8-6-4-2/h6,8,12,14-15,17-18,20-21,23-24,26,30,32,36,38,42,44,48,50,54,56,60,62,87H,3-5,7,9-11,13,16,19,22,25,27-29,31,33-35,37,39-41,43,45-47,49,51-53,55,57-59,61,63-86,90H2,1-2H3,(H,93,94)/b8-6-,14-12-,17-15-,20-18-,23-21-,26-24-,32-30-,38-36-,44-42-,50-48-,56-54-,62-60-. The van der Waals surface area contributed by atoms with Crippen LogP contribution in [0.3, 0.4) is 0 Å². The highest BCUT2D eigenvalue weighted by Crippen LogP contribution is 2.43. The molecule has 9 nitrogen and oxygen atoms in total. The molecule has 0 saturated carbocycles. The first-order valence-corrected chi connectivity index (χ1v) is 42.8. The Kier molecular flexibility index (Phi) is 79.4. The minimum absolute atomic E-state index is 0.0472. The van der Waals surface area contributed by atoms with Crippen molar-refractivity contribution in [3.8, 4) is 0 Å². The monoisotopic (exact) mass is 1400 g/mol. The van der Waals surface area contributed by atoms with Crippen molar-refractivity contribution in [3.05, 3.63) is 146 Å². The van der Waals surface area contributed by atoms with Crippen LogP contribution in [0.1, 0.15) is 373 Å². The third kappa shape index (κ3) is 82.7. The molecule has 0 aromatic carbocycles. The van der Waals surface area contributed by atoms with Crippen LogP contribution in [0.2, 0.25) is 0 Å².